The molecule has 74 valence electrons. The highest BCUT2D eigenvalue weighted by Gasteiger charge is 2.16. The fraction of sp³-hybridized carbons (Fsp3) is 0.455. The van der Waals surface area contributed by atoms with Crippen LogP contribution >= 0.6 is 0 Å². The Morgan fingerprint density at radius 2 is 2.14 bits per heavy atom. The lowest BCUT2D eigenvalue weighted by Gasteiger charge is -2.16. The summed E-state index contributed by atoms with van der Waals surface area (Å²) >= 11 is 0. The van der Waals surface area contributed by atoms with Gasteiger partial charge < -0.3 is 5.11 Å². The van der Waals surface area contributed by atoms with Crippen LogP contribution in [0.2, 0.25) is 0 Å². The number of hydrogen-bond donors (Lipinski definition) is 1. The lowest BCUT2D eigenvalue weighted by molar-refractivity contribution is 0.0695. The molecule has 0 radical (unpaired) electrons. The van der Waals surface area contributed by atoms with Gasteiger partial charge in [0, 0.05) is 5.69 Å². The Morgan fingerprint density at radius 3 is 2.86 bits per heavy atom. The molecule has 1 aromatic rings. The van der Waals surface area contributed by atoms with E-state index in [1.807, 2.05) is 0 Å². The lowest BCUT2D eigenvalue weighted by Crippen LogP contribution is -2.11. The second-order valence-corrected chi connectivity index (χ2v) is 3.74. The van der Waals surface area contributed by atoms with Crippen molar-refractivity contribution in [3.8, 4) is 0 Å². The van der Waals surface area contributed by atoms with Crippen molar-refractivity contribution in [3.05, 3.63) is 28.6 Å². The average Bonchev–Trinajstić information content (AvgIpc) is 2.16. The monoisotopic (exact) mass is 191 g/mol. The van der Waals surface area contributed by atoms with E-state index in [1.54, 1.807) is 13.0 Å². The zero-order chi connectivity index (χ0) is 10.1. The van der Waals surface area contributed by atoms with Crippen molar-refractivity contribution < 1.29 is 9.90 Å². The van der Waals surface area contributed by atoms with Gasteiger partial charge in [-0.15, -0.1) is 0 Å². The SMILES string of the molecule is Cc1nc2c(cc1C(=O)O)CCCC2. The van der Waals surface area contributed by atoms with Gasteiger partial charge in [0.05, 0.1) is 11.3 Å². The predicted octanol–water partition coefficient (Wildman–Crippen LogP) is 1.97. The number of rotatable bonds is 1. The molecule has 0 fully saturated rings. The normalized spacial score (nSPS) is 14.9. The van der Waals surface area contributed by atoms with Crippen molar-refractivity contribution >= 4 is 5.97 Å². The number of pyridine rings is 1. The van der Waals surface area contributed by atoms with E-state index in [0.29, 0.717) is 11.3 Å². The van der Waals surface area contributed by atoms with Crippen LogP contribution < -0.4 is 0 Å². The Bertz CT molecular complexity index is 385. The van der Waals surface area contributed by atoms with Gasteiger partial charge in [0.15, 0.2) is 0 Å². The first-order chi connectivity index (χ1) is 6.68. The third-order valence-electron chi connectivity index (χ3n) is 2.72. The maximum Gasteiger partial charge on any atom is 0.337 e. The van der Waals surface area contributed by atoms with Gasteiger partial charge in [-0.3, -0.25) is 4.98 Å². The molecule has 0 atom stereocenters. The highest BCUT2D eigenvalue weighted by molar-refractivity contribution is 5.89. The minimum Gasteiger partial charge on any atom is -0.478 e. The molecule has 0 aromatic carbocycles. The molecule has 0 saturated heterocycles. The van der Waals surface area contributed by atoms with Gasteiger partial charge in [-0.05, 0) is 44.2 Å². The fourth-order valence-corrected chi connectivity index (χ4v) is 1.95. The van der Waals surface area contributed by atoms with Crippen LogP contribution in [-0.2, 0) is 12.8 Å². The molecule has 0 bridgehead atoms. The van der Waals surface area contributed by atoms with Crippen molar-refractivity contribution in [2.75, 3.05) is 0 Å². The Labute approximate surface area is 82.8 Å². The summed E-state index contributed by atoms with van der Waals surface area (Å²) in [6, 6.07) is 1.79. The Hall–Kier alpha value is -1.38. The minimum absolute atomic E-state index is 0.352. The van der Waals surface area contributed by atoms with Crippen LogP contribution in [0.3, 0.4) is 0 Å². The number of carboxylic acid groups (broad SMARTS) is 1. The van der Waals surface area contributed by atoms with Crippen LogP contribution in [0, 0.1) is 6.92 Å². The molecule has 0 aliphatic heterocycles. The van der Waals surface area contributed by atoms with Crippen LogP contribution in [-0.4, -0.2) is 16.1 Å². The maximum atomic E-state index is 10.9. The van der Waals surface area contributed by atoms with Gasteiger partial charge in [-0.25, -0.2) is 4.79 Å². The van der Waals surface area contributed by atoms with Gasteiger partial charge in [0.2, 0.25) is 0 Å². The number of fused-ring (bicyclic) bond motifs is 1. The zero-order valence-electron chi connectivity index (χ0n) is 8.21. The van der Waals surface area contributed by atoms with Crippen LogP contribution in [0.1, 0.15) is 40.2 Å². The van der Waals surface area contributed by atoms with Crippen LogP contribution in [0.5, 0.6) is 0 Å². The molecule has 1 aromatic heterocycles. The van der Waals surface area contributed by atoms with Crippen molar-refractivity contribution in [2.45, 2.75) is 32.6 Å². The highest BCUT2D eigenvalue weighted by Crippen LogP contribution is 2.21. The quantitative estimate of drug-likeness (QED) is 0.738. The van der Waals surface area contributed by atoms with E-state index >= 15 is 0 Å². The first-order valence-electron chi connectivity index (χ1n) is 4.91. The van der Waals surface area contributed by atoms with E-state index in [9.17, 15) is 4.79 Å². The Morgan fingerprint density at radius 1 is 1.43 bits per heavy atom. The molecule has 2 rings (SSSR count). The number of aryl methyl sites for hydroxylation is 3. The molecular formula is C11H13NO2. The van der Waals surface area contributed by atoms with Crippen molar-refractivity contribution in [1.82, 2.24) is 4.98 Å². The first-order valence-corrected chi connectivity index (χ1v) is 4.91. The largest absolute Gasteiger partial charge is 0.478 e. The van der Waals surface area contributed by atoms with E-state index in [2.05, 4.69) is 4.98 Å². The summed E-state index contributed by atoms with van der Waals surface area (Å²) in [6.07, 6.45) is 4.29. The molecule has 3 heteroatoms. The summed E-state index contributed by atoms with van der Waals surface area (Å²) in [5, 5.41) is 8.93. The van der Waals surface area contributed by atoms with Gasteiger partial charge in [-0.2, -0.15) is 0 Å². The first kappa shape index (κ1) is 9.19. The molecule has 3 nitrogen and oxygen atoms in total. The van der Waals surface area contributed by atoms with Gasteiger partial charge in [-0.1, -0.05) is 0 Å². The van der Waals surface area contributed by atoms with Crippen molar-refractivity contribution in [3.63, 3.8) is 0 Å². The Balaban J connectivity index is 2.50. The van der Waals surface area contributed by atoms with E-state index < -0.39 is 5.97 Å². The molecule has 14 heavy (non-hydrogen) atoms. The van der Waals surface area contributed by atoms with E-state index in [0.717, 1.165) is 30.5 Å². The summed E-state index contributed by atoms with van der Waals surface area (Å²) in [4.78, 5) is 15.2. The standard InChI is InChI=1S/C11H13NO2/c1-7-9(11(13)14)6-8-4-2-3-5-10(8)12-7/h6H,2-5H2,1H3,(H,13,14). The average molecular weight is 191 g/mol. The van der Waals surface area contributed by atoms with E-state index in [4.69, 9.17) is 5.11 Å². The summed E-state index contributed by atoms with van der Waals surface area (Å²) in [5.74, 6) is -0.872. The Kier molecular flexibility index (Phi) is 2.23. The third-order valence-corrected chi connectivity index (χ3v) is 2.72. The van der Waals surface area contributed by atoms with Crippen molar-refractivity contribution in [1.29, 1.82) is 0 Å². The highest BCUT2D eigenvalue weighted by atomic mass is 16.4. The second-order valence-electron chi connectivity index (χ2n) is 3.74. The smallest absolute Gasteiger partial charge is 0.337 e. The maximum absolute atomic E-state index is 10.9. The molecular weight excluding hydrogens is 178 g/mol. The number of aromatic nitrogens is 1. The summed E-state index contributed by atoms with van der Waals surface area (Å²) in [7, 11) is 0. The molecule has 0 amide bonds. The van der Waals surface area contributed by atoms with Gasteiger partial charge in [0.1, 0.15) is 0 Å². The number of carbonyl (C=O) groups is 1. The third kappa shape index (κ3) is 1.50. The van der Waals surface area contributed by atoms with Crippen LogP contribution in [0.15, 0.2) is 6.07 Å². The van der Waals surface area contributed by atoms with Crippen LogP contribution in [0.25, 0.3) is 0 Å². The summed E-state index contributed by atoms with van der Waals surface area (Å²) < 4.78 is 0. The number of aromatic carboxylic acids is 1. The number of nitrogens with zero attached hydrogens (tertiary/aromatic N) is 1. The van der Waals surface area contributed by atoms with Gasteiger partial charge in [0.25, 0.3) is 0 Å². The second kappa shape index (κ2) is 3.40. The number of carboxylic acids is 1. The minimum atomic E-state index is -0.872. The molecule has 1 heterocycles. The summed E-state index contributed by atoms with van der Waals surface area (Å²) in [5.41, 5.74) is 3.21. The molecule has 0 unspecified atom stereocenters. The molecule has 1 N–H and O–H groups in total. The summed E-state index contributed by atoms with van der Waals surface area (Å²) in [6.45, 7) is 1.76. The molecule has 1 aliphatic rings. The predicted molar refractivity (Wildman–Crippen MR) is 52.6 cm³/mol. The van der Waals surface area contributed by atoms with Gasteiger partial charge >= 0.3 is 5.97 Å². The lowest BCUT2D eigenvalue weighted by atomic mass is 9.94. The molecule has 0 saturated carbocycles. The van der Waals surface area contributed by atoms with E-state index in [1.165, 1.54) is 6.42 Å². The van der Waals surface area contributed by atoms with E-state index in [-0.39, 0.29) is 0 Å². The van der Waals surface area contributed by atoms with Crippen molar-refractivity contribution in [2.24, 2.45) is 0 Å². The fourth-order valence-electron chi connectivity index (χ4n) is 1.95. The molecule has 1 aliphatic carbocycles. The zero-order valence-corrected chi connectivity index (χ0v) is 8.21. The molecule has 0 spiro atoms. The number of hydrogen-bond acceptors (Lipinski definition) is 2. The van der Waals surface area contributed by atoms with Crippen LogP contribution in [0.4, 0.5) is 0 Å². The topological polar surface area (TPSA) is 50.2 Å².